The molecule has 112 valence electrons. The summed E-state index contributed by atoms with van der Waals surface area (Å²) in [6.07, 6.45) is 2.98. The maximum atomic E-state index is 8.72. The lowest BCUT2D eigenvalue weighted by Gasteiger charge is -2.09. The van der Waals surface area contributed by atoms with E-state index >= 15 is 0 Å². The number of rotatable bonds is 7. The number of hydrogen-bond acceptors (Lipinski definition) is 2. The van der Waals surface area contributed by atoms with Gasteiger partial charge in [0, 0.05) is 34.4 Å². The van der Waals surface area contributed by atoms with E-state index < -0.39 is 0 Å². The minimum atomic E-state index is 0.274. The molecule has 21 heavy (non-hydrogen) atoms. The smallest absolute Gasteiger partial charge is 0.0499 e. The minimum absolute atomic E-state index is 0.274. The number of aliphatic hydroxyl groups excluding tert-OH is 1. The summed E-state index contributed by atoms with van der Waals surface area (Å²) in [7, 11) is 0. The molecule has 0 fully saturated rings. The first kappa shape index (κ1) is 16.2. The third kappa shape index (κ3) is 4.92. The van der Waals surface area contributed by atoms with Crippen LogP contribution in [-0.2, 0) is 0 Å². The summed E-state index contributed by atoms with van der Waals surface area (Å²) in [5.41, 5.74) is 3.14. The Balaban J connectivity index is 1.95. The number of benzene rings is 2. The molecule has 0 spiro atoms. The maximum absolute atomic E-state index is 8.72. The fourth-order valence-electron chi connectivity index (χ4n) is 2.14. The monoisotopic (exact) mass is 323 g/mol. The highest BCUT2D eigenvalue weighted by Crippen LogP contribution is 2.30. The molecule has 2 N–H and O–H groups in total. The van der Waals surface area contributed by atoms with Gasteiger partial charge in [-0.1, -0.05) is 41.4 Å². The van der Waals surface area contributed by atoms with Crippen molar-refractivity contribution in [1.82, 2.24) is 0 Å². The number of hydrogen-bond donors (Lipinski definition) is 2. The molecule has 0 aliphatic rings. The first-order valence-electron chi connectivity index (χ1n) is 7.11. The molecule has 4 heteroatoms. The van der Waals surface area contributed by atoms with Gasteiger partial charge in [-0.05, 0) is 49.1 Å². The van der Waals surface area contributed by atoms with E-state index in [1.807, 2.05) is 36.4 Å². The van der Waals surface area contributed by atoms with E-state index in [1.54, 1.807) is 6.07 Å². The van der Waals surface area contributed by atoms with Crippen LogP contribution in [0.2, 0.25) is 10.0 Å². The van der Waals surface area contributed by atoms with E-state index in [1.165, 1.54) is 0 Å². The lowest BCUT2D eigenvalue weighted by atomic mass is 10.1. The van der Waals surface area contributed by atoms with Crippen molar-refractivity contribution in [3.63, 3.8) is 0 Å². The molecule has 2 nitrogen and oxygen atoms in total. The first-order valence-corrected chi connectivity index (χ1v) is 7.86. The molecule has 0 aliphatic carbocycles. The predicted octanol–water partition coefficient (Wildman–Crippen LogP) is 5.23. The number of anilines is 1. The molecule has 0 unspecified atom stereocenters. The van der Waals surface area contributed by atoms with Gasteiger partial charge in [-0.15, -0.1) is 0 Å². The van der Waals surface area contributed by atoms with Crippen molar-refractivity contribution < 1.29 is 5.11 Å². The Kier molecular flexibility index (Phi) is 6.37. The topological polar surface area (TPSA) is 32.3 Å². The third-order valence-corrected chi connectivity index (χ3v) is 3.84. The Morgan fingerprint density at radius 2 is 1.67 bits per heavy atom. The van der Waals surface area contributed by atoms with Crippen molar-refractivity contribution in [2.45, 2.75) is 19.3 Å². The zero-order valence-electron chi connectivity index (χ0n) is 11.8. The fourth-order valence-corrected chi connectivity index (χ4v) is 2.66. The van der Waals surface area contributed by atoms with E-state index in [2.05, 4.69) is 5.32 Å². The summed E-state index contributed by atoms with van der Waals surface area (Å²) in [4.78, 5) is 0. The Morgan fingerprint density at radius 1 is 0.905 bits per heavy atom. The van der Waals surface area contributed by atoms with Gasteiger partial charge in [0.2, 0.25) is 0 Å². The van der Waals surface area contributed by atoms with Gasteiger partial charge in [0.1, 0.15) is 0 Å². The third-order valence-electron chi connectivity index (χ3n) is 3.29. The van der Waals surface area contributed by atoms with E-state index in [0.717, 1.165) is 42.6 Å². The van der Waals surface area contributed by atoms with Gasteiger partial charge < -0.3 is 10.4 Å². The van der Waals surface area contributed by atoms with Gasteiger partial charge in [0.05, 0.1) is 0 Å². The molecule has 0 aliphatic heterocycles. The highest BCUT2D eigenvalue weighted by molar-refractivity contribution is 6.36. The van der Waals surface area contributed by atoms with Gasteiger partial charge in [0.15, 0.2) is 0 Å². The van der Waals surface area contributed by atoms with Crippen molar-refractivity contribution in [2.75, 3.05) is 18.5 Å². The van der Waals surface area contributed by atoms with Gasteiger partial charge >= 0.3 is 0 Å². The zero-order valence-corrected chi connectivity index (χ0v) is 13.3. The quantitative estimate of drug-likeness (QED) is 0.683. The molecule has 0 saturated carbocycles. The average molecular weight is 324 g/mol. The van der Waals surface area contributed by atoms with Crippen LogP contribution in [0.4, 0.5) is 5.69 Å². The second kappa shape index (κ2) is 8.28. The number of nitrogens with one attached hydrogen (secondary N) is 1. The fraction of sp³-hybridized carbons (Fsp3) is 0.294. The summed E-state index contributed by atoms with van der Waals surface area (Å²) < 4.78 is 0. The number of aliphatic hydroxyl groups is 1. The Labute approximate surface area is 135 Å². The molecule has 0 atom stereocenters. The van der Waals surface area contributed by atoms with E-state index in [9.17, 15) is 0 Å². The van der Waals surface area contributed by atoms with Gasteiger partial charge in [-0.3, -0.25) is 0 Å². The molecule has 2 aromatic rings. The van der Waals surface area contributed by atoms with Crippen LogP contribution in [-0.4, -0.2) is 18.3 Å². The second-order valence-electron chi connectivity index (χ2n) is 4.91. The van der Waals surface area contributed by atoms with Crippen LogP contribution in [0.3, 0.4) is 0 Å². The van der Waals surface area contributed by atoms with Crippen LogP contribution < -0.4 is 5.32 Å². The minimum Gasteiger partial charge on any atom is -0.396 e. The molecule has 2 aromatic carbocycles. The highest BCUT2D eigenvalue weighted by atomic mass is 35.5. The average Bonchev–Trinajstić information content (AvgIpc) is 2.48. The van der Waals surface area contributed by atoms with Crippen LogP contribution in [0.25, 0.3) is 11.1 Å². The summed E-state index contributed by atoms with van der Waals surface area (Å²) >= 11 is 12.1. The molecule has 2 rings (SSSR count). The maximum Gasteiger partial charge on any atom is 0.0499 e. The molecular weight excluding hydrogens is 305 g/mol. The molecule has 0 aromatic heterocycles. The van der Waals surface area contributed by atoms with E-state index in [-0.39, 0.29) is 6.61 Å². The van der Waals surface area contributed by atoms with Crippen LogP contribution in [0.1, 0.15) is 19.3 Å². The zero-order chi connectivity index (χ0) is 15.1. The molecule has 0 heterocycles. The van der Waals surface area contributed by atoms with Gasteiger partial charge in [-0.2, -0.15) is 0 Å². The summed E-state index contributed by atoms with van der Waals surface area (Å²) in [6.45, 7) is 1.19. The predicted molar refractivity (Wildman–Crippen MR) is 91.3 cm³/mol. The first-order chi connectivity index (χ1) is 10.2. The van der Waals surface area contributed by atoms with Gasteiger partial charge in [0.25, 0.3) is 0 Å². The van der Waals surface area contributed by atoms with E-state index in [0.29, 0.717) is 10.0 Å². The van der Waals surface area contributed by atoms with Crippen LogP contribution >= 0.6 is 23.2 Å². The van der Waals surface area contributed by atoms with Crippen molar-refractivity contribution >= 4 is 28.9 Å². The Morgan fingerprint density at radius 3 is 2.33 bits per heavy atom. The van der Waals surface area contributed by atoms with Crippen LogP contribution in [0, 0.1) is 0 Å². The number of unbranched alkanes of at least 4 members (excludes halogenated alkanes) is 2. The number of halogens is 2. The van der Waals surface area contributed by atoms with Crippen molar-refractivity contribution in [1.29, 1.82) is 0 Å². The van der Waals surface area contributed by atoms with Gasteiger partial charge in [-0.25, -0.2) is 0 Å². The largest absolute Gasteiger partial charge is 0.396 e. The molecule has 0 bridgehead atoms. The normalized spacial score (nSPS) is 10.6. The van der Waals surface area contributed by atoms with Crippen molar-refractivity contribution in [2.24, 2.45) is 0 Å². The lowest BCUT2D eigenvalue weighted by molar-refractivity contribution is 0.283. The van der Waals surface area contributed by atoms with Crippen molar-refractivity contribution in [3.05, 3.63) is 52.5 Å². The highest BCUT2D eigenvalue weighted by Gasteiger charge is 2.04. The molecule has 0 amide bonds. The SMILES string of the molecule is OCCCCCNc1ccc(-c2ccc(Cl)cc2Cl)cc1. The Bertz CT molecular complexity index is 570. The summed E-state index contributed by atoms with van der Waals surface area (Å²) in [5.74, 6) is 0. The second-order valence-corrected chi connectivity index (χ2v) is 5.76. The molecule has 0 radical (unpaired) electrons. The van der Waals surface area contributed by atoms with Crippen LogP contribution in [0.15, 0.2) is 42.5 Å². The standard InChI is InChI=1S/C17H19Cl2NO/c18-14-6-9-16(17(19)12-14)13-4-7-15(8-5-13)20-10-2-1-3-11-21/h4-9,12,20-21H,1-3,10-11H2. The summed E-state index contributed by atoms with van der Waals surface area (Å²) in [6, 6.07) is 13.7. The molecule has 0 saturated heterocycles. The van der Waals surface area contributed by atoms with E-state index in [4.69, 9.17) is 28.3 Å². The summed E-state index contributed by atoms with van der Waals surface area (Å²) in [5, 5.41) is 13.4. The van der Waals surface area contributed by atoms with Crippen molar-refractivity contribution in [3.8, 4) is 11.1 Å². The molecular formula is C17H19Cl2NO. The lowest BCUT2D eigenvalue weighted by Crippen LogP contribution is -2.01. The Hall–Kier alpha value is -1.22. The van der Waals surface area contributed by atoms with Crippen LogP contribution in [0.5, 0.6) is 0 Å².